The first-order valence-corrected chi connectivity index (χ1v) is 4.70. The average molecular weight is 232 g/mol. The van der Waals surface area contributed by atoms with Gasteiger partial charge in [0.25, 0.3) is 0 Å². The molecule has 0 atom stereocenters. The monoisotopic (exact) mass is 231 g/mol. The van der Waals surface area contributed by atoms with Gasteiger partial charge in [0.2, 0.25) is 5.91 Å². The molecule has 5 heteroatoms. The molecule has 1 aromatic rings. The minimum absolute atomic E-state index is 0.00419. The van der Waals surface area contributed by atoms with Gasteiger partial charge in [-0.1, -0.05) is 15.9 Å². The predicted molar refractivity (Wildman–Crippen MR) is 50.2 cm³/mol. The standard InChI is InChI=1S/C7H10BrN3O/c1-11-6(3-5-9-11)10-7(12)2-4-8/h3,5H,2,4H2,1H3,(H,10,12). The van der Waals surface area contributed by atoms with Crippen molar-refractivity contribution >= 4 is 27.7 Å². The van der Waals surface area contributed by atoms with Crippen LogP contribution in [0.25, 0.3) is 0 Å². The summed E-state index contributed by atoms with van der Waals surface area (Å²) in [6.45, 7) is 0. The number of carbonyl (C=O) groups excluding carboxylic acids is 1. The van der Waals surface area contributed by atoms with Crippen LogP contribution in [0.15, 0.2) is 12.3 Å². The van der Waals surface area contributed by atoms with Crippen LogP contribution in [-0.4, -0.2) is 21.0 Å². The van der Waals surface area contributed by atoms with E-state index in [9.17, 15) is 4.79 Å². The molecular formula is C7H10BrN3O. The Labute approximate surface area is 79.1 Å². The number of carbonyl (C=O) groups is 1. The smallest absolute Gasteiger partial charge is 0.226 e. The van der Waals surface area contributed by atoms with Crippen molar-refractivity contribution in [2.75, 3.05) is 10.6 Å². The summed E-state index contributed by atoms with van der Waals surface area (Å²) in [7, 11) is 1.78. The Bertz CT molecular complexity index is 271. The van der Waals surface area contributed by atoms with E-state index in [0.29, 0.717) is 11.8 Å². The third-order valence-electron chi connectivity index (χ3n) is 1.41. The zero-order valence-electron chi connectivity index (χ0n) is 6.75. The van der Waals surface area contributed by atoms with E-state index in [4.69, 9.17) is 0 Å². The van der Waals surface area contributed by atoms with Crippen molar-refractivity contribution in [1.29, 1.82) is 0 Å². The second kappa shape index (κ2) is 4.25. The second-order valence-electron chi connectivity index (χ2n) is 2.33. The molecule has 0 saturated heterocycles. The van der Waals surface area contributed by atoms with Gasteiger partial charge in [-0.25, -0.2) is 0 Å². The fourth-order valence-electron chi connectivity index (χ4n) is 0.788. The lowest BCUT2D eigenvalue weighted by atomic mass is 10.4. The van der Waals surface area contributed by atoms with E-state index in [1.165, 1.54) is 0 Å². The highest BCUT2D eigenvalue weighted by Crippen LogP contribution is 2.03. The summed E-state index contributed by atoms with van der Waals surface area (Å²) in [6, 6.07) is 1.76. The number of aromatic nitrogens is 2. The molecule has 0 saturated carbocycles. The number of hydrogen-bond donors (Lipinski definition) is 1. The molecule has 4 nitrogen and oxygen atoms in total. The van der Waals surface area contributed by atoms with Crippen molar-refractivity contribution in [3.8, 4) is 0 Å². The largest absolute Gasteiger partial charge is 0.311 e. The molecule has 0 aliphatic carbocycles. The lowest BCUT2D eigenvalue weighted by Crippen LogP contribution is -2.14. The molecule has 0 unspecified atom stereocenters. The van der Waals surface area contributed by atoms with Crippen LogP contribution >= 0.6 is 15.9 Å². The minimum Gasteiger partial charge on any atom is -0.311 e. The first kappa shape index (κ1) is 9.25. The van der Waals surface area contributed by atoms with Gasteiger partial charge in [0, 0.05) is 24.9 Å². The molecule has 0 bridgehead atoms. The number of aryl methyl sites for hydroxylation is 1. The molecule has 1 rings (SSSR count). The molecular weight excluding hydrogens is 222 g/mol. The van der Waals surface area contributed by atoms with Crippen LogP contribution in [0.5, 0.6) is 0 Å². The second-order valence-corrected chi connectivity index (χ2v) is 3.12. The Hall–Kier alpha value is -0.840. The molecule has 1 aromatic heterocycles. The first-order valence-electron chi connectivity index (χ1n) is 3.58. The average Bonchev–Trinajstić information content (AvgIpc) is 2.37. The van der Waals surface area contributed by atoms with Crippen molar-refractivity contribution in [3.63, 3.8) is 0 Å². The van der Waals surface area contributed by atoms with Gasteiger partial charge < -0.3 is 5.32 Å². The van der Waals surface area contributed by atoms with Crippen molar-refractivity contribution < 1.29 is 4.79 Å². The normalized spacial score (nSPS) is 9.83. The van der Waals surface area contributed by atoms with Crippen molar-refractivity contribution in [2.24, 2.45) is 7.05 Å². The van der Waals surface area contributed by atoms with Crippen LogP contribution in [0.3, 0.4) is 0 Å². The summed E-state index contributed by atoms with van der Waals surface area (Å²) in [4.78, 5) is 11.1. The number of rotatable bonds is 3. The lowest BCUT2D eigenvalue weighted by molar-refractivity contribution is -0.115. The molecule has 1 N–H and O–H groups in total. The summed E-state index contributed by atoms with van der Waals surface area (Å²) in [5.74, 6) is 0.719. The third-order valence-corrected chi connectivity index (χ3v) is 1.81. The highest BCUT2D eigenvalue weighted by Gasteiger charge is 2.02. The van der Waals surface area contributed by atoms with Gasteiger partial charge in [-0.3, -0.25) is 9.48 Å². The fraction of sp³-hybridized carbons (Fsp3) is 0.429. The lowest BCUT2D eigenvalue weighted by Gasteiger charge is -2.02. The van der Waals surface area contributed by atoms with E-state index < -0.39 is 0 Å². The molecule has 0 spiro atoms. The van der Waals surface area contributed by atoms with E-state index in [2.05, 4.69) is 26.3 Å². The number of amides is 1. The number of hydrogen-bond acceptors (Lipinski definition) is 2. The van der Waals surface area contributed by atoms with Crippen LogP contribution in [0.4, 0.5) is 5.82 Å². The Morgan fingerprint density at radius 3 is 3.08 bits per heavy atom. The molecule has 0 radical (unpaired) electrons. The SMILES string of the molecule is Cn1nccc1NC(=O)CCBr. The summed E-state index contributed by atoms with van der Waals surface area (Å²) in [6.07, 6.45) is 2.12. The Morgan fingerprint density at radius 1 is 1.83 bits per heavy atom. The maximum Gasteiger partial charge on any atom is 0.226 e. The van der Waals surface area contributed by atoms with Crippen molar-refractivity contribution in [1.82, 2.24) is 9.78 Å². The number of alkyl halides is 1. The fourth-order valence-corrected chi connectivity index (χ4v) is 1.15. The maximum atomic E-state index is 11.1. The summed E-state index contributed by atoms with van der Waals surface area (Å²) >= 11 is 3.19. The van der Waals surface area contributed by atoms with Crippen LogP contribution < -0.4 is 5.32 Å². The van der Waals surface area contributed by atoms with Crippen LogP contribution in [0, 0.1) is 0 Å². The molecule has 12 heavy (non-hydrogen) atoms. The summed E-state index contributed by atoms with van der Waals surface area (Å²) in [5, 5.41) is 7.32. The highest BCUT2D eigenvalue weighted by atomic mass is 79.9. The van der Waals surface area contributed by atoms with E-state index in [1.54, 1.807) is 24.0 Å². The van der Waals surface area contributed by atoms with Gasteiger partial charge in [0.1, 0.15) is 5.82 Å². The molecule has 1 heterocycles. The number of halogens is 1. The Balaban J connectivity index is 2.52. The molecule has 0 aromatic carbocycles. The minimum atomic E-state index is -0.00419. The van der Waals surface area contributed by atoms with Crippen molar-refractivity contribution in [2.45, 2.75) is 6.42 Å². The van der Waals surface area contributed by atoms with E-state index in [0.717, 1.165) is 5.82 Å². The van der Waals surface area contributed by atoms with Gasteiger partial charge in [-0.2, -0.15) is 5.10 Å². The summed E-state index contributed by atoms with van der Waals surface area (Å²) in [5.41, 5.74) is 0. The quantitative estimate of drug-likeness (QED) is 0.794. The molecule has 0 aliphatic rings. The number of nitrogens with zero attached hydrogens (tertiary/aromatic N) is 2. The van der Waals surface area contributed by atoms with Crippen LogP contribution in [0.2, 0.25) is 0 Å². The predicted octanol–water partition coefficient (Wildman–Crippen LogP) is 1.14. The van der Waals surface area contributed by atoms with E-state index >= 15 is 0 Å². The van der Waals surface area contributed by atoms with Gasteiger partial charge in [0.15, 0.2) is 0 Å². The zero-order valence-corrected chi connectivity index (χ0v) is 8.34. The van der Waals surface area contributed by atoms with Gasteiger partial charge in [-0.15, -0.1) is 0 Å². The summed E-state index contributed by atoms with van der Waals surface area (Å²) < 4.78 is 1.62. The molecule has 0 aliphatic heterocycles. The van der Waals surface area contributed by atoms with Gasteiger partial charge in [0.05, 0.1) is 6.20 Å². The first-order chi connectivity index (χ1) is 5.74. The van der Waals surface area contributed by atoms with Gasteiger partial charge in [-0.05, 0) is 0 Å². The van der Waals surface area contributed by atoms with Crippen molar-refractivity contribution in [3.05, 3.63) is 12.3 Å². The third kappa shape index (κ3) is 2.34. The Kier molecular flexibility index (Phi) is 3.28. The number of nitrogens with one attached hydrogen (secondary N) is 1. The van der Waals surface area contributed by atoms with E-state index in [-0.39, 0.29) is 5.91 Å². The van der Waals surface area contributed by atoms with Crippen LogP contribution in [0.1, 0.15) is 6.42 Å². The highest BCUT2D eigenvalue weighted by molar-refractivity contribution is 9.09. The molecule has 66 valence electrons. The topological polar surface area (TPSA) is 46.9 Å². The Morgan fingerprint density at radius 2 is 2.58 bits per heavy atom. The van der Waals surface area contributed by atoms with E-state index in [1.807, 2.05) is 0 Å². The molecule has 1 amide bonds. The van der Waals surface area contributed by atoms with Crippen LogP contribution in [-0.2, 0) is 11.8 Å². The number of anilines is 1. The maximum absolute atomic E-state index is 11.1. The zero-order chi connectivity index (χ0) is 8.97. The van der Waals surface area contributed by atoms with Gasteiger partial charge >= 0.3 is 0 Å². The molecule has 0 fully saturated rings.